The van der Waals surface area contributed by atoms with Crippen molar-refractivity contribution in [3.8, 4) is 0 Å². The molecule has 0 spiro atoms. The van der Waals surface area contributed by atoms with Gasteiger partial charge < -0.3 is 67.1 Å². The zero-order valence-electron chi connectivity index (χ0n) is 43.7. The Bertz CT molecular complexity index is 2030. The summed E-state index contributed by atoms with van der Waals surface area (Å²) in [7, 11) is -4.55. The Morgan fingerprint density at radius 2 is 1.67 bits per heavy atom. The van der Waals surface area contributed by atoms with E-state index in [-0.39, 0.29) is 18.4 Å². The number of aliphatic carboxylic acids is 1. The Morgan fingerprint density at radius 1 is 0.959 bits per heavy atom. The van der Waals surface area contributed by atoms with Crippen LogP contribution in [0.2, 0.25) is 0 Å². The Kier molecular flexibility index (Phi) is 21.5. The van der Waals surface area contributed by atoms with Gasteiger partial charge >= 0.3 is 13.8 Å². The number of nitrogens with zero attached hydrogens (tertiary/aromatic N) is 1. The molecule has 17 atom stereocenters. The van der Waals surface area contributed by atoms with Crippen molar-refractivity contribution >= 4 is 43.3 Å². The summed E-state index contributed by atoms with van der Waals surface area (Å²) in [4.78, 5) is 87.9. The molecule has 0 aromatic rings. The quantitative estimate of drug-likeness (QED) is 0.0336. The molecule has 416 valence electrons. The van der Waals surface area contributed by atoms with Gasteiger partial charge in [0.2, 0.25) is 29.5 Å². The summed E-state index contributed by atoms with van der Waals surface area (Å²) >= 11 is 0. The van der Waals surface area contributed by atoms with E-state index < -0.39 is 131 Å². The Hall–Kier alpha value is -3.57. The van der Waals surface area contributed by atoms with Crippen molar-refractivity contribution in [2.45, 2.75) is 187 Å². The third-order valence-corrected chi connectivity index (χ3v) is 18.1. The summed E-state index contributed by atoms with van der Waals surface area (Å²) < 4.78 is 35.1. The standard InChI is InChI=1S/C50H85N6O16P/c1-27(2)9-8-10-28(3)34-13-14-35-33-12-11-31-23-32(17-19-49(31,6)36(33)18-20-50(34,35)7)72-73(67,68)70-22-21-53-45(64)29(4)54-46(65)37(15-16-40(51)60)55-47(66)38(24-57)56(30(5)59)48-42(52)44(69-26-41(61)62)43(63)39(25-58)71-48/h11,27-29,32-39,42-44,48,57-58,63H,8-10,12-26,52H2,1-7H3,(H2,51,60)(H,53,64)(H,54,65)(H,55,66)(H,61,62)(H,67,68)/t28-,29+,32+,33+,34-,35+,36+,37-,38+,39-,42-,43-,44-,48?,49+,50-/m1/s1. The first-order valence-corrected chi connectivity index (χ1v) is 27.7. The van der Waals surface area contributed by atoms with E-state index in [1.165, 1.54) is 57.4 Å². The molecule has 23 heteroatoms. The highest BCUT2D eigenvalue weighted by Gasteiger charge is 2.59. The summed E-state index contributed by atoms with van der Waals surface area (Å²) in [5.74, 6) is -1.88. The predicted octanol–water partition coefficient (Wildman–Crippen LogP) is 1.99. The van der Waals surface area contributed by atoms with Gasteiger partial charge in [-0.05, 0) is 111 Å². The van der Waals surface area contributed by atoms with Gasteiger partial charge in [0.05, 0.1) is 32.0 Å². The molecule has 3 saturated carbocycles. The number of nitrogens with one attached hydrogen (secondary N) is 3. The minimum Gasteiger partial charge on any atom is -0.480 e. The maximum atomic E-state index is 13.8. The highest BCUT2D eigenvalue weighted by Crippen LogP contribution is 2.67. The van der Waals surface area contributed by atoms with E-state index in [2.05, 4.69) is 56.6 Å². The van der Waals surface area contributed by atoms with Crippen molar-refractivity contribution in [3.63, 3.8) is 0 Å². The van der Waals surface area contributed by atoms with E-state index >= 15 is 0 Å². The second-order valence-corrected chi connectivity index (χ2v) is 23.7. The predicted molar refractivity (Wildman–Crippen MR) is 265 cm³/mol. The number of hydrogen-bond acceptors (Lipinski definition) is 15. The highest BCUT2D eigenvalue weighted by atomic mass is 31.2. The van der Waals surface area contributed by atoms with E-state index in [1.807, 2.05) is 0 Å². The Morgan fingerprint density at radius 3 is 2.30 bits per heavy atom. The monoisotopic (exact) mass is 1060 g/mol. The molecule has 2 unspecified atom stereocenters. The average Bonchev–Trinajstić information content (AvgIpc) is 3.68. The van der Waals surface area contributed by atoms with Crippen LogP contribution in [0.5, 0.6) is 0 Å². The summed E-state index contributed by atoms with van der Waals surface area (Å²) in [6.45, 7) is 10.9. The fourth-order valence-electron chi connectivity index (χ4n) is 13.3. The van der Waals surface area contributed by atoms with Crippen molar-refractivity contribution in [1.29, 1.82) is 0 Å². The minimum absolute atomic E-state index is 0.0111. The number of phosphoric acid groups is 1. The molecular formula is C50H85N6O16P. The van der Waals surface area contributed by atoms with Crippen LogP contribution >= 0.6 is 7.82 Å². The molecule has 0 aromatic carbocycles. The second-order valence-electron chi connectivity index (χ2n) is 22.3. The number of rotatable bonds is 26. The zero-order valence-corrected chi connectivity index (χ0v) is 44.6. The fraction of sp³-hybridized carbons (Fsp3) is 0.840. The Balaban J connectivity index is 1.11. The van der Waals surface area contributed by atoms with E-state index in [9.17, 15) is 53.5 Å². The zero-order chi connectivity index (χ0) is 54.2. The van der Waals surface area contributed by atoms with Gasteiger partial charge in [-0.2, -0.15) is 0 Å². The normalized spacial score (nSPS) is 33.3. The molecule has 4 fully saturated rings. The summed E-state index contributed by atoms with van der Waals surface area (Å²) in [6.07, 6.45) is 6.70. The number of aliphatic hydroxyl groups is 3. The highest BCUT2D eigenvalue weighted by molar-refractivity contribution is 7.47. The van der Waals surface area contributed by atoms with Gasteiger partial charge in [-0.15, -0.1) is 0 Å². The SMILES string of the molecule is CC(=O)N(C1O[C@H](CO)[C@@H](O)[C@H](OCC(=O)O)[C@H]1N)[C@@H](CO)C(=O)N[C@H](CCC(N)=O)C(=O)N[C@@H](C)C(=O)NCCOP(=O)(O)O[C@H]1CC[C@@]2(C)C(=CC[C@H]3[C@@H]4CC[C@H]([C@H](C)CCCC(C)C)[C@@]4(C)CC[C@@H]32)C1. The van der Waals surface area contributed by atoms with Crippen LogP contribution in [0.3, 0.4) is 0 Å². The van der Waals surface area contributed by atoms with E-state index in [0.29, 0.717) is 40.9 Å². The number of primary amides is 1. The molecule has 12 N–H and O–H groups in total. The van der Waals surface area contributed by atoms with Crippen LogP contribution in [0, 0.1) is 46.3 Å². The average molecular weight is 1060 g/mol. The molecule has 0 aromatic heterocycles. The molecule has 5 aliphatic rings. The number of hydrogen-bond donors (Lipinski definition) is 10. The maximum absolute atomic E-state index is 13.8. The number of carbonyl (C=O) groups is 6. The summed E-state index contributed by atoms with van der Waals surface area (Å²) in [5.41, 5.74) is 13.3. The third kappa shape index (κ3) is 14.7. The number of nitrogens with two attached hydrogens (primary N) is 2. The van der Waals surface area contributed by atoms with Crippen molar-refractivity contribution in [1.82, 2.24) is 20.9 Å². The lowest BCUT2D eigenvalue weighted by molar-refractivity contribution is -0.240. The molecular weight excluding hydrogens is 972 g/mol. The van der Waals surface area contributed by atoms with E-state index in [0.717, 1.165) is 37.5 Å². The number of carboxylic acids is 1. The van der Waals surface area contributed by atoms with Crippen molar-refractivity contribution < 1.29 is 77.2 Å². The number of carboxylic acid groups (broad SMARTS) is 1. The Labute approximate surface area is 429 Å². The lowest BCUT2D eigenvalue weighted by Gasteiger charge is -2.58. The van der Waals surface area contributed by atoms with Crippen LogP contribution in [-0.4, -0.2) is 154 Å². The fourth-order valence-corrected chi connectivity index (χ4v) is 14.2. The van der Waals surface area contributed by atoms with Gasteiger partial charge in [0, 0.05) is 19.9 Å². The number of phosphoric ester groups is 1. The third-order valence-electron chi connectivity index (χ3n) is 17.0. The van der Waals surface area contributed by atoms with Crippen LogP contribution in [0.1, 0.15) is 132 Å². The molecule has 1 saturated heterocycles. The van der Waals surface area contributed by atoms with Crippen molar-refractivity contribution in [3.05, 3.63) is 11.6 Å². The first-order chi connectivity index (χ1) is 34.3. The first kappa shape index (κ1) is 60.3. The number of carbonyl (C=O) groups excluding carboxylic acids is 5. The summed E-state index contributed by atoms with van der Waals surface area (Å²) in [5, 5.41) is 47.3. The number of ether oxygens (including phenoxy) is 2. The van der Waals surface area contributed by atoms with Crippen LogP contribution < -0.4 is 27.4 Å². The molecule has 0 radical (unpaired) electrons. The molecule has 5 amide bonds. The number of fused-ring (bicyclic) bond motifs is 5. The van der Waals surface area contributed by atoms with E-state index in [4.69, 9.17) is 35.1 Å². The molecule has 4 aliphatic carbocycles. The van der Waals surface area contributed by atoms with Crippen LogP contribution in [0.25, 0.3) is 0 Å². The van der Waals surface area contributed by atoms with Gasteiger partial charge in [0.25, 0.3) is 0 Å². The van der Waals surface area contributed by atoms with Crippen LogP contribution in [0.4, 0.5) is 0 Å². The number of aliphatic hydroxyl groups excluding tert-OH is 3. The topological polar surface area (TPSA) is 349 Å². The van der Waals surface area contributed by atoms with Crippen LogP contribution in [-0.2, 0) is 51.9 Å². The smallest absolute Gasteiger partial charge is 0.472 e. The van der Waals surface area contributed by atoms with Gasteiger partial charge in [0.15, 0.2) is 6.23 Å². The largest absolute Gasteiger partial charge is 0.480 e. The lowest BCUT2D eigenvalue weighted by Crippen LogP contribution is -2.70. The molecule has 0 bridgehead atoms. The number of amides is 5. The molecule has 22 nitrogen and oxygen atoms in total. The van der Waals surface area contributed by atoms with Gasteiger partial charge in [-0.3, -0.25) is 33.0 Å². The number of allylic oxidation sites excluding steroid dienone is 1. The lowest BCUT2D eigenvalue weighted by atomic mass is 9.47. The van der Waals surface area contributed by atoms with Gasteiger partial charge in [0.1, 0.15) is 43.0 Å². The van der Waals surface area contributed by atoms with Crippen LogP contribution in [0.15, 0.2) is 11.6 Å². The maximum Gasteiger partial charge on any atom is 0.472 e. The van der Waals surface area contributed by atoms with Gasteiger partial charge in [-0.25, -0.2) is 9.36 Å². The summed E-state index contributed by atoms with van der Waals surface area (Å²) in [6, 6.07) is -6.21. The minimum atomic E-state index is -4.55. The second kappa shape index (κ2) is 26.0. The molecule has 1 aliphatic heterocycles. The van der Waals surface area contributed by atoms with Crippen molar-refractivity contribution in [2.24, 2.45) is 57.8 Å². The van der Waals surface area contributed by atoms with Gasteiger partial charge in [-0.1, -0.05) is 65.5 Å². The van der Waals surface area contributed by atoms with E-state index in [1.54, 1.807) is 0 Å². The molecule has 5 rings (SSSR count). The molecule has 73 heavy (non-hydrogen) atoms. The van der Waals surface area contributed by atoms with Crippen molar-refractivity contribution in [2.75, 3.05) is 33.0 Å². The first-order valence-electron chi connectivity index (χ1n) is 26.2. The molecule has 1 heterocycles.